The van der Waals surface area contributed by atoms with Crippen LogP contribution < -0.4 is 5.73 Å². The van der Waals surface area contributed by atoms with Crippen LogP contribution in [0.2, 0.25) is 0 Å². The highest BCUT2D eigenvalue weighted by Gasteiger charge is 2.20. The van der Waals surface area contributed by atoms with Crippen molar-refractivity contribution in [2.24, 2.45) is 11.7 Å². The summed E-state index contributed by atoms with van der Waals surface area (Å²) >= 11 is 0. The van der Waals surface area contributed by atoms with E-state index in [4.69, 9.17) is 10.5 Å². The maximum absolute atomic E-state index is 11.7. The van der Waals surface area contributed by atoms with Crippen molar-refractivity contribution in [3.63, 3.8) is 0 Å². The normalized spacial score (nSPS) is 17.2. The Kier molecular flexibility index (Phi) is 4.15. The molecule has 2 N–H and O–H groups in total. The second-order valence-corrected chi connectivity index (χ2v) is 4.64. The molecule has 0 amide bonds. The molecule has 2 rings (SSSR count). The summed E-state index contributed by atoms with van der Waals surface area (Å²) in [6, 6.07) is 8.68. The highest BCUT2D eigenvalue weighted by molar-refractivity contribution is 5.77. The number of benzene rings is 1. The van der Waals surface area contributed by atoms with Crippen LogP contribution in [0, 0.1) is 5.92 Å². The van der Waals surface area contributed by atoms with Gasteiger partial charge in [0.05, 0.1) is 6.61 Å². The third kappa shape index (κ3) is 3.30. The molecule has 1 aliphatic carbocycles. The number of nitrogens with two attached hydrogens (primary N) is 1. The van der Waals surface area contributed by atoms with Gasteiger partial charge in [0.1, 0.15) is 6.04 Å². The molecule has 92 valence electrons. The SMILES string of the molecule is N[C@@H](C(=O)OCCC1CCC1)c1ccccc1. The molecule has 0 unspecified atom stereocenters. The van der Waals surface area contributed by atoms with Crippen molar-refractivity contribution in [1.29, 1.82) is 0 Å². The number of esters is 1. The predicted octanol–water partition coefficient (Wildman–Crippen LogP) is 2.42. The molecule has 0 radical (unpaired) electrons. The van der Waals surface area contributed by atoms with Gasteiger partial charge in [0.2, 0.25) is 0 Å². The lowest BCUT2D eigenvalue weighted by molar-refractivity contribution is -0.145. The zero-order valence-corrected chi connectivity index (χ0v) is 9.97. The van der Waals surface area contributed by atoms with Crippen LogP contribution in [0.15, 0.2) is 30.3 Å². The molecule has 3 heteroatoms. The Hall–Kier alpha value is -1.35. The second kappa shape index (κ2) is 5.82. The summed E-state index contributed by atoms with van der Waals surface area (Å²) in [5.74, 6) is 0.436. The summed E-state index contributed by atoms with van der Waals surface area (Å²) in [6.07, 6.45) is 4.86. The predicted molar refractivity (Wildman–Crippen MR) is 66.3 cm³/mol. The van der Waals surface area contributed by atoms with Gasteiger partial charge in [-0.15, -0.1) is 0 Å². The summed E-state index contributed by atoms with van der Waals surface area (Å²) in [7, 11) is 0. The highest BCUT2D eigenvalue weighted by atomic mass is 16.5. The molecule has 0 bridgehead atoms. The van der Waals surface area contributed by atoms with E-state index in [2.05, 4.69) is 0 Å². The summed E-state index contributed by atoms with van der Waals surface area (Å²) < 4.78 is 5.20. The van der Waals surface area contributed by atoms with Crippen LogP contribution in [0.25, 0.3) is 0 Å². The molecular formula is C14H19NO2. The minimum absolute atomic E-state index is 0.324. The summed E-state index contributed by atoms with van der Waals surface area (Å²) in [5, 5.41) is 0. The van der Waals surface area contributed by atoms with Crippen molar-refractivity contribution in [2.75, 3.05) is 6.61 Å². The second-order valence-electron chi connectivity index (χ2n) is 4.64. The minimum Gasteiger partial charge on any atom is -0.464 e. The van der Waals surface area contributed by atoms with Crippen molar-refractivity contribution < 1.29 is 9.53 Å². The van der Waals surface area contributed by atoms with Crippen LogP contribution in [0.4, 0.5) is 0 Å². The molecule has 0 spiro atoms. The topological polar surface area (TPSA) is 52.3 Å². The fourth-order valence-corrected chi connectivity index (χ4v) is 1.99. The summed E-state index contributed by atoms with van der Waals surface area (Å²) in [6.45, 7) is 0.504. The first-order valence-electron chi connectivity index (χ1n) is 6.24. The van der Waals surface area contributed by atoms with E-state index in [1.165, 1.54) is 19.3 Å². The molecule has 0 aliphatic heterocycles. The summed E-state index contributed by atoms with van der Waals surface area (Å²) in [5.41, 5.74) is 6.63. The van der Waals surface area contributed by atoms with Crippen LogP contribution >= 0.6 is 0 Å². The fraction of sp³-hybridized carbons (Fsp3) is 0.500. The van der Waals surface area contributed by atoms with Crippen LogP contribution in [0.3, 0.4) is 0 Å². The van der Waals surface area contributed by atoms with E-state index in [1.807, 2.05) is 30.3 Å². The van der Waals surface area contributed by atoms with Gasteiger partial charge in [-0.1, -0.05) is 49.6 Å². The molecule has 1 aromatic carbocycles. The molecule has 1 aliphatic rings. The zero-order chi connectivity index (χ0) is 12.1. The van der Waals surface area contributed by atoms with E-state index in [1.54, 1.807) is 0 Å². The van der Waals surface area contributed by atoms with Gasteiger partial charge in [-0.05, 0) is 17.9 Å². The quantitative estimate of drug-likeness (QED) is 0.795. The zero-order valence-electron chi connectivity index (χ0n) is 9.97. The number of carbonyl (C=O) groups is 1. The average molecular weight is 233 g/mol. The molecule has 0 heterocycles. The molecule has 1 atom stereocenters. The number of rotatable bonds is 5. The Balaban J connectivity index is 1.75. The first-order chi connectivity index (χ1) is 8.27. The third-order valence-electron chi connectivity index (χ3n) is 3.41. The first kappa shape index (κ1) is 12.1. The van der Waals surface area contributed by atoms with Crippen LogP contribution in [-0.2, 0) is 9.53 Å². The van der Waals surface area contributed by atoms with Crippen molar-refractivity contribution in [2.45, 2.75) is 31.7 Å². The largest absolute Gasteiger partial charge is 0.464 e. The molecule has 3 nitrogen and oxygen atoms in total. The van der Waals surface area contributed by atoms with Gasteiger partial charge in [-0.2, -0.15) is 0 Å². The highest BCUT2D eigenvalue weighted by Crippen LogP contribution is 2.29. The van der Waals surface area contributed by atoms with E-state index in [9.17, 15) is 4.79 Å². The average Bonchev–Trinajstić information content (AvgIpc) is 2.32. The van der Waals surface area contributed by atoms with Crippen molar-refractivity contribution >= 4 is 5.97 Å². The smallest absolute Gasteiger partial charge is 0.327 e. The lowest BCUT2D eigenvalue weighted by atomic mass is 9.83. The van der Waals surface area contributed by atoms with Crippen LogP contribution in [0.1, 0.15) is 37.3 Å². The van der Waals surface area contributed by atoms with Gasteiger partial charge in [0.15, 0.2) is 0 Å². The van der Waals surface area contributed by atoms with E-state index >= 15 is 0 Å². The Labute approximate surface area is 102 Å². The van der Waals surface area contributed by atoms with Crippen LogP contribution in [0.5, 0.6) is 0 Å². The van der Waals surface area contributed by atoms with Gasteiger partial charge in [-0.25, -0.2) is 4.79 Å². The van der Waals surface area contributed by atoms with Crippen molar-refractivity contribution in [3.8, 4) is 0 Å². The number of hydrogen-bond donors (Lipinski definition) is 1. The molecule has 17 heavy (non-hydrogen) atoms. The molecule has 1 saturated carbocycles. The van der Waals surface area contributed by atoms with E-state index in [0.29, 0.717) is 6.61 Å². The molecule has 0 aromatic heterocycles. The van der Waals surface area contributed by atoms with Gasteiger partial charge in [-0.3, -0.25) is 0 Å². The van der Waals surface area contributed by atoms with Gasteiger partial charge >= 0.3 is 5.97 Å². The monoisotopic (exact) mass is 233 g/mol. The van der Waals surface area contributed by atoms with E-state index < -0.39 is 6.04 Å². The minimum atomic E-state index is -0.655. The van der Waals surface area contributed by atoms with Gasteiger partial charge in [0.25, 0.3) is 0 Å². The third-order valence-corrected chi connectivity index (χ3v) is 3.41. The lowest BCUT2D eigenvalue weighted by Crippen LogP contribution is -2.25. The Morgan fingerprint density at radius 1 is 1.35 bits per heavy atom. The maximum atomic E-state index is 11.7. The fourth-order valence-electron chi connectivity index (χ4n) is 1.99. The van der Waals surface area contributed by atoms with E-state index in [0.717, 1.165) is 17.9 Å². The maximum Gasteiger partial charge on any atom is 0.327 e. The van der Waals surface area contributed by atoms with Crippen molar-refractivity contribution in [3.05, 3.63) is 35.9 Å². The molecule has 1 fully saturated rings. The number of hydrogen-bond acceptors (Lipinski definition) is 3. The first-order valence-corrected chi connectivity index (χ1v) is 6.24. The lowest BCUT2D eigenvalue weighted by Gasteiger charge is -2.25. The Bertz CT molecular complexity index is 360. The number of ether oxygens (including phenoxy) is 1. The Morgan fingerprint density at radius 3 is 2.65 bits per heavy atom. The Morgan fingerprint density at radius 2 is 2.06 bits per heavy atom. The molecule has 1 aromatic rings. The number of carbonyl (C=O) groups excluding carboxylic acids is 1. The van der Waals surface area contributed by atoms with E-state index in [-0.39, 0.29) is 5.97 Å². The summed E-state index contributed by atoms with van der Waals surface area (Å²) in [4.78, 5) is 11.7. The van der Waals surface area contributed by atoms with Gasteiger partial charge in [0, 0.05) is 0 Å². The molecule has 0 saturated heterocycles. The van der Waals surface area contributed by atoms with Crippen molar-refractivity contribution in [1.82, 2.24) is 0 Å². The molecular weight excluding hydrogens is 214 g/mol. The van der Waals surface area contributed by atoms with Crippen LogP contribution in [-0.4, -0.2) is 12.6 Å². The standard InChI is InChI=1S/C14H19NO2/c15-13(12-7-2-1-3-8-12)14(16)17-10-9-11-5-4-6-11/h1-3,7-8,11,13H,4-6,9-10,15H2/t13-/m1/s1. The van der Waals surface area contributed by atoms with Gasteiger partial charge < -0.3 is 10.5 Å².